The van der Waals surface area contributed by atoms with Crippen molar-refractivity contribution in [3.8, 4) is 11.4 Å². The van der Waals surface area contributed by atoms with E-state index in [0.717, 1.165) is 11.1 Å². The molecule has 3 rings (SSSR count). The third kappa shape index (κ3) is 5.10. The Morgan fingerprint density at radius 1 is 1.24 bits per heavy atom. The molecule has 0 aliphatic carbocycles. The first-order valence-electron chi connectivity index (χ1n) is 9.07. The van der Waals surface area contributed by atoms with E-state index in [1.54, 1.807) is 12.1 Å². The van der Waals surface area contributed by atoms with Gasteiger partial charge >= 0.3 is 0 Å². The van der Waals surface area contributed by atoms with E-state index in [1.807, 2.05) is 38.1 Å². The number of benzene rings is 2. The summed E-state index contributed by atoms with van der Waals surface area (Å²) in [6.45, 7) is 4.81. The molecule has 0 spiro atoms. The number of hydrogen-bond donors (Lipinski definition) is 1. The first-order chi connectivity index (χ1) is 14.0. The van der Waals surface area contributed by atoms with Gasteiger partial charge in [0, 0.05) is 12.6 Å². The van der Waals surface area contributed by atoms with E-state index in [1.165, 1.54) is 18.1 Å². The Morgan fingerprint density at radius 3 is 2.66 bits per heavy atom. The number of nitrogens with one attached hydrogen (secondary N) is 1. The monoisotopic (exact) mass is 415 g/mol. The second-order valence-electron chi connectivity index (χ2n) is 6.57. The van der Waals surface area contributed by atoms with E-state index >= 15 is 0 Å². The molecule has 0 bridgehead atoms. The summed E-state index contributed by atoms with van der Waals surface area (Å²) >= 11 is 6.34. The number of nitrogens with zero attached hydrogens (tertiary/aromatic N) is 4. The lowest BCUT2D eigenvalue weighted by atomic mass is 10.1. The van der Waals surface area contributed by atoms with Crippen LogP contribution >= 0.6 is 11.6 Å². The molecule has 8 nitrogen and oxygen atoms in total. The van der Waals surface area contributed by atoms with Crippen molar-refractivity contribution in [1.29, 1.82) is 0 Å². The van der Waals surface area contributed by atoms with Gasteiger partial charge in [-0.3, -0.25) is 4.79 Å². The highest BCUT2D eigenvalue weighted by atomic mass is 35.5. The number of methoxy groups -OCH3 is 1. The molecule has 29 heavy (non-hydrogen) atoms. The number of amides is 1. The second kappa shape index (κ2) is 9.49. The molecule has 1 aromatic heterocycles. The van der Waals surface area contributed by atoms with Crippen LogP contribution in [0.25, 0.3) is 5.69 Å². The predicted molar refractivity (Wildman–Crippen MR) is 108 cm³/mol. The van der Waals surface area contributed by atoms with E-state index in [-0.39, 0.29) is 12.0 Å². The summed E-state index contributed by atoms with van der Waals surface area (Å²) in [5.41, 5.74) is 2.85. The van der Waals surface area contributed by atoms with Gasteiger partial charge in [0.25, 0.3) is 5.91 Å². The molecular formula is C20H22ClN5O3. The quantitative estimate of drug-likeness (QED) is 0.607. The molecule has 0 saturated carbocycles. The summed E-state index contributed by atoms with van der Waals surface area (Å²) in [6.07, 6.45) is 1.54. The van der Waals surface area contributed by atoms with Gasteiger partial charge in [-0.05, 0) is 41.5 Å². The zero-order chi connectivity index (χ0) is 20.8. The maximum atomic E-state index is 12.8. The van der Waals surface area contributed by atoms with Crippen molar-refractivity contribution in [2.75, 3.05) is 7.11 Å². The van der Waals surface area contributed by atoms with Gasteiger partial charge < -0.3 is 14.8 Å². The fourth-order valence-corrected chi connectivity index (χ4v) is 2.98. The van der Waals surface area contributed by atoms with E-state index in [0.29, 0.717) is 35.2 Å². The molecule has 0 unspecified atom stereocenters. The third-order valence-electron chi connectivity index (χ3n) is 4.24. The molecule has 0 fully saturated rings. The van der Waals surface area contributed by atoms with Gasteiger partial charge in [-0.2, -0.15) is 4.68 Å². The van der Waals surface area contributed by atoms with Crippen LogP contribution < -0.4 is 10.1 Å². The van der Waals surface area contributed by atoms with E-state index in [4.69, 9.17) is 21.1 Å². The van der Waals surface area contributed by atoms with Gasteiger partial charge in [0.1, 0.15) is 12.1 Å². The first kappa shape index (κ1) is 20.8. The lowest BCUT2D eigenvalue weighted by Gasteiger charge is -2.15. The van der Waals surface area contributed by atoms with Crippen molar-refractivity contribution in [3.05, 3.63) is 64.4 Å². The molecule has 1 heterocycles. The molecule has 152 valence electrons. The number of carbonyl (C=O) groups is 1. The lowest BCUT2D eigenvalue weighted by Crippen LogP contribution is -2.24. The number of halogens is 1. The molecule has 2 aromatic carbocycles. The lowest BCUT2D eigenvalue weighted by molar-refractivity contribution is 0.0651. The smallest absolute Gasteiger partial charge is 0.255 e. The Balaban J connectivity index is 1.77. The molecule has 3 aromatic rings. The standard InChI is InChI=1S/C20H22ClN5O3/c1-13(2)29-11-15-7-5-4-6-14(15)10-22-20(27)16-8-17(21)18(9-19(16)28-3)26-12-23-24-25-26/h4-9,12-13H,10-11H2,1-3H3,(H,22,27). The average molecular weight is 416 g/mol. The Labute approximate surface area is 173 Å². The van der Waals surface area contributed by atoms with Crippen LogP contribution in [0, 0.1) is 0 Å². The van der Waals surface area contributed by atoms with Crippen molar-refractivity contribution < 1.29 is 14.3 Å². The van der Waals surface area contributed by atoms with E-state index in [9.17, 15) is 4.79 Å². The number of carbonyl (C=O) groups excluding carboxylic acids is 1. The van der Waals surface area contributed by atoms with Gasteiger partial charge in [-0.1, -0.05) is 35.9 Å². The largest absolute Gasteiger partial charge is 0.496 e. The van der Waals surface area contributed by atoms with Crippen molar-refractivity contribution in [2.24, 2.45) is 0 Å². The molecule has 0 saturated heterocycles. The summed E-state index contributed by atoms with van der Waals surface area (Å²) in [5.74, 6) is 0.0698. The van der Waals surface area contributed by atoms with Gasteiger partial charge in [0.15, 0.2) is 0 Å². The average Bonchev–Trinajstić information content (AvgIpc) is 3.25. The minimum Gasteiger partial charge on any atom is -0.496 e. The fourth-order valence-electron chi connectivity index (χ4n) is 2.73. The Morgan fingerprint density at radius 2 is 2.00 bits per heavy atom. The van der Waals surface area contributed by atoms with Crippen LogP contribution in [0.2, 0.25) is 5.02 Å². The SMILES string of the molecule is COc1cc(-n2cnnn2)c(Cl)cc1C(=O)NCc1ccccc1COC(C)C. The highest BCUT2D eigenvalue weighted by Crippen LogP contribution is 2.29. The van der Waals surface area contributed by atoms with Gasteiger partial charge in [0.05, 0.1) is 36.1 Å². The van der Waals surface area contributed by atoms with Crippen molar-refractivity contribution in [1.82, 2.24) is 25.5 Å². The van der Waals surface area contributed by atoms with Crippen LogP contribution in [0.3, 0.4) is 0 Å². The third-order valence-corrected chi connectivity index (χ3v) is 4.54. The molecule has 0 radical (unpaired) electrons. The summed E-state index contributed by atoms with van der Waals surface area (Å²) < 4.78 is 12.5. The zero-order valence-electron chi connectivity index (χ0n) is 16.4. The number of ether oxygens (including phenoxy) is 2. The second-order valence-corrected chi connectivity index (χ2v) is 6.98. The van der Waals surface area contributed by atoms with Crippen LogP contribution in [-0.4, -0.2) is 39.3 Å². The summed E-state index contributed by atoms with van der Waals surface area (Å²) in [5, 5.41) is 14.2. The van der Waals surface area contributed by atoms with Crippen LogP contribution in [0.15, 0.2) is 42.7 Å². The summed E-state index contributed by atoms with van der Waals surface area (Å²) in [7, 11) is 1.49. The maximum Gasteiger partial charge on any atom is 0.255 e. The minimum absolute atomic E-state index is 0.128. The van der Waals surface area contributed by atoms with E-state index in [2.05, 4.69) is 20.8 Å². The number of aromatic nitrogens is 4. The van der Waals surface area contributed by atoms with Gasteiger partial charge in [-0.15, -0.1) is 5.10 Å². The Hall–Kier alpha value is -2.97. The highest BCUT2D eigenvalue weighted by molar-refractivity contribution is 6.33. The first-order valence-corrected chi connectivity index (χ1v) is 9.45. The fraction of sp³-hybridized carbons (Fsp3) is 0.300. The van der Waals surface area contributed by atoms with Crippen molar-refractivity contribution >= 4 is 17.5 Å². The predicted octanol–water partition coefficient (Wildman–Crippen LogP) is 3.18. The highest BCUT2D eigenvalue weighted by Gasteiger charge is 2.17. The zero-order valence-corrected chi connectivity index (χ0v) is 17.2. The molecule has 9 heteroatoms. The van der Waals surface area contributed by atoms with Gasteiger partial charge in [-0.25, -0.2) is 0 Å². The molecule has 1 amide bonds. The Bertz CT molecular complexity index is 976. The van der Waals surface area contributed by atoms with Crippen molar-refractivity contribution in [2.45, 2.75) is 33.1 Å². The van der Waals surface area contributed by atoms with Crippen LogP contribution in [-0.2, 0) is 17.9 Å². The molecule has 0 aliphatic heterocycles. The van der Waals surface area contributed by atoms with Crippen LogP contribution in [0.1, 0.15) is 35.3 Å². The van der Waals surface area contributed by atoms with E-state index < -0.39 is 0 Å². The van der Waals surface area contributed by atoms with Gasteiger partial charge in [0.2, 0.25) is 0 Å². The summed E-state index contributed by atoms with van der Waals surface area (Å²) in [4.78, 5) is 12.8. The normalized spacial score (nSPS) is 10.9. The molecule has 1 N–H and O–H groups in total. The molecule has 0 aliphatic rings. The maximum absolute atomic E-state index is 12.8. The van der Waals surface area contributed by atoms with Crippen molar-refractivity contribution in [3.63, 3.8) is 0 Å². The Kier molecular flexibility index (Phi) is 6.79. The number of rotatable bonds is 8. The van der Waals surface area contributed by atoms with Crippen LogP contribution in [0.4, 0.5) is 0 Å². The minimum atomic E-state index is -0.299. The summed E-state index contributed by atoms with van der Waals surface area (Å²) in [6, 6.07) is 11.0. The molecular weight excluding hydrogens is 394 g/mol. The topological polar surface area (TPSA) is 91.2 Å². The number of hydrogen-bond acceptors (Lipinski definition) is 6. The van der Waals surface area contributed by atoms with Crippen LogP contribution in [0.5, 0.6) is 5.75 Å². The number of tetrazole rings is 1. The molecule has 0 atom stereocenters.